The Kier molecular flexibility index (Phi) is 5.57. The zero-order chi connectivity index (χ0) is 13.5. The first-order valence-electron chi connectivity index (χ1n) is 6.15. The number of methoxy groups -OCH3 is 2. The molecule has 0 bridgehead atoms. The second-order valence-electron chi connectivity index (χ2n) is 4.19. The van der Waals surface area contributed by atoms with E-state index in [0.717, 1.165) is 11.5 Å². The third-order valence-electron chi connectivity index (χ3n) is 2.86. The van der Waals surface area contributed by atoms with Crippen LogP contribution in [0.25, 0.3) is 0 Å². The Morgan fingerprint density at radius 3 is 1.37 bits per heavy atom. The zero-order valence-electron chi connectivity index (χ0n) is 11.3. The minimum absolute atomic E-state index is 0.0237. The van der Waals surface area contributed by atoms with E-state index in [1.54, 1.807) is 14.2 Å². The van der Waals surface area contributed by atoms with Crippen molar-refractivity contribution in [3.05, 3.63) is 59.7 Å². The van der Waals surface area contributed by atoms with E-state index in [4.69, 9.17) is 9.47 Å². The van der Waals surface area contributed by atoms with Gasteiger partial charge < -0.3 is 0 Å². The summed E-state index contributed by atoms with van der Waals surface area (Å²) in [6.07, 6.45) is 0. The Bertz CT molecular complexity index is 444. The summed E-state index contributed by atoms with van der Waals surface area (Å²) in [4.78, 5) is 0. The van der Waals surface area contributed by atoms with E-state index in [1.165, 1.54) is 20.1 Å². The van der Waals surface area contributed by atoms with Gasteiger partial charge in [-0.05, 0) is 0 Å². The van der Waals surface area contributed by atoms with E-state index in [1.807, 2.05) is 24.3 Å². The van der Waals surface area contributed by atoms with Crippen molar-refractivity contribution >= 4 is 20.9 Å². The standard InChI is InChI=1S/C16H18O2Te/c1-17-15-7-3-13(4-8-15)11-19-12-14-5-9-16(18-2)10-6-14/h3-10H,11-12H2,1-2H3. The third kappa shape index (κ3) is 4.45. The van der Waals surface area contributed by atoms with E-state index in [2.05, 4.69) is 24.3 Å². The Morgan fingerprint density at radius 2 is 1.05 bits per heavy atom. The van der Waals surface area contributed by atoms with Gasteiger partial charge in [0.25, 0.3) is 0 Å². The molecule has 3 heteroatoms. The van der Waals surface area contributed by atoms with Crippen molar-refractivity contribution in [3.8, 4) is 11.5 Å². The van der Waals surface area contributed by atoms with Crippen LogP contribution < -0.4 is 9.47 Å². The van der Waals surface area contributed by atoms with Crippen LogP contribution in [0.15, 0.2) is 48.5 Å². The van der Waals surface area contributed by atoms with Crippen molar-refractivity contribution in [3.63, 3.8) is 0 Å². The van der Waals surface area contributed by atoms with Crippen LogP contribution in [-0.4, -0.2) is 35.1 Å². The molecule has 100 valence electrons. The second-order valence-corrected chi connectivity index (χ2v) is 7.00. The van der Waals surface area contributed by atoms with E-state index >= 15 is 0 Å². The summed E-state index contributed by atoms with van der Waals surface area (Å²) in [5, 5.41) is 0. The molecule has 0 saturated carbocycles. The Morgan fingerprint density at radius 1 is 0.684 bits per heavy atom. The molecule has 0 saturated heterocycles. The van der Waals surface area contributed by atoms with Crippen LogP contribution in [0.1, 0.15) is 11.1 Å². The number of hydrogen-bond donors (Lipinski definition) is 0. The van der Waals surface area contributed by atoms with Crippen LogP contribution in [0, 0.1) is 0 Å². The summed E-state index contributed by atoms with van der Waals surface area (Å²) in [5.74, 6) is 1.86. The number of hydrogen-bond acceptors (Lipinski definition) is 2. The summed E-state index contributed by atoms with van der Waals surface area (Å²) in [7, 11) is 3.40. The van der Waals surface area contributed by atoms with Crippen LogP contribution in [-0.2, 0) is 8.94 Å². The second kappa shape index (κ2) is 7.43. The first kappa shape index (κ1) is 14.2. The fourth-order valence-corrected chi connectivity index (χ4v) is 4.47. The summed E-state index contributed by atoms with van der Waals surface area (Å²) >= 11 is -0.0237. The molecule has 0 unspecified atom stereocenters. The van der Waals surface area contributed by atoms with Crippen LogP contribution in [0.5, 0.6) is 11.5 Å². The molecule has 0 aliphatic carbocycles. The van der Waals surface area contributed by atoms with Crippen LogP contribution >= 0.6 is 0 Å². The normalized spacial score (nSPS) is 10.2. The molecule has 19 heavy (non-hydrogen) atoms. The van der Waals surface area contributed by atoms with Gasteiger partial charge in [0.15, 0.2) is 0 Å². The molecule has 2 rings (SSSR count). The third-order valence-corrected chi connectivity index (χ3v) is 5.92. The fraction of sp³-hybridized carbons (Fsp3) is 0.250. The van der Waals surface area contributed by atoms with Crippen LogP contribution in [0.2, 0.25) is 0 Å². The van der Waals surface area contributed by atoms with E-state index in [-0.39, 0.29) is 20.9 Å². The maximum atomic E-state index is 5.16. The first-order chi connectivity index (χ1) is 9.31. The van der Waals surface area contributed by atoms with Crippen LogP contribution in [0.3, 0.4) is 0 Å². The molecule has 2 aromatic rings. The van der Waals surface area contributed by atoms with Gasteiger partial charge in [0.1, 0.15) is 0 Å². The van der Waals surface area contributed by atoms with Crippen molar-refractivity contribution < 1.29 is 9.47 Å². The quantitative estimate of drug-likeness (QED) is 0.728. The molecule has 0 aliphatic heterocycles. The van der Waals surface area contributed by atoms with Gasteiger partial charge in [0.2, 0.25) is 0 Å². The predicted octanol–water partition coefficient (Wildman–Crippen LogP) is 3.11. The fourth-order valence-electron chi connectivity index (χ4n) is 1.73. The maximum absolute atomic E-state index is 5.16. The summed E-state index contributed by atoms with van der Waals surface area (Å²) in [6, 6.07) is 16.8. The monoisotopic (exact) mass is 372 g/mol. The molecule has 0 heterocycles. The van der Waals surface area contributed by atoms with Crippen molar-refractivity contribution in [2.45, 2.75) is 8.94 Å². The van der Waals surface area contributed by atoms with Crippen molar-refractivity contribution in [1.29, 1.82) is 0 Å². The number of benzene rings is 2. The van der Waals surface area contributed by atoms with Gasteiger partial charge in [0, 0.05) is 0 Å². The van der Waals surface area contributed by atoms with Gasteiger partial charge in [0.05, 0.1) is 0 Å². The van der Waals surface area contributed by atoms with Crippen molar-refractivity contribution in [2.24, 2.45) is 0 Å². The van der Waals surface area contributed by atoms with Gasteiger partial charge in [-0.3, -0.25) is 0 Å². The van der Waals surface area contributed by atoms with Gasteiger partial charge in [-0.1, -0.05) is 0 Å². The molecular weight excluding hydrogens is 352 g/mol. The Hall–Kier alpha value is -1.17. The predicted molar refractivity (Wildman–Crippen MR) is 79.2 cm³/mol. The molecule has 2 nitrogen and oxygen atoms in total. The molecule has 0 aliphatic rings. The summed E-state index contributed by atoms with van der Waals surface area (Å²) in [6.45, 7) is 0. The molecule has 0 N–H and O–H groups in total. The molecule has 2 aromatic carbocycles. The molecular formula is C16H18O2Te. The SMILES string of the molecule is COc1ccc(C[Te]Cc2ccc(OC)cc2)cc1. The van der Waals surface area contributed by atoms with Gasteiger partial charge in [-0.25, -0.2) is 0 Å². The summed E-state index contributed by atoms with van der Waals surface area (Å²) in [5.41, 5.74) is 2.83. The van der Waals surface area contributed by atoms with Crippen LogP contribution in [0.4, 0.5) is 0 Å². The van der Waals surface area contributed by atoms with Gasteiger partial charge in [-0.2, -0.15) is 0 Å². The van der Waals surface area contributed by atoms with E-state index < -0.39 is 0 Å². The van der Waals surface area contributed by atoms with E-state index in [0.29, 0.717) is 0 Å². The molecule has 0 atom stereocenters. The molecule has 0 aromatic heterocycles. The molecule has 0 fully saturated rings. The van der Waals surface area contributed by atoms with Gasteiger partial charge >= 0.3 is 125 Å². The topological polar surface area (TPSA) is 18.5 Å². The summed E-state index contributed by atoms with van der Waals surface area (Å²) < 4.78 is 12.8. The average Bonchev–Trinajstić information content (AvgIpc) is 2.49. The van der Waals surface area contributed by atoms with Crippen molar-refractivity contribution in [2.75, 3.05) is 14.2 Å². The average molecular weight is 370 g/mol. The molecule has 0 radical (unpaired) electrons. The van der Waals surface area contributed by atoms with Gasteiger partial charge in [-0.15, -0.1) is 0 Å². The zero-order valence-corrected chi connectivity index (χ0v) is 13.6. The molecule has 0 amide bonds. The first-order valence-corrected chi connectivity index (χ1v) is 9.45. The molecule has 0 spiro atoms. The number of ether oxygens (including phenoxy) is 2. The van der Waals surface area contributed by atoms with Crippen molar-refractivity contribution in [1.82, 2.24) is 0 Å². The number of rotatable bonds is 6. The van der Waals surface area contributed by atoms with E-state index in [9.17, 15) is 0 Å². The minimum atomic E-state index is -0.0237. The Labute approximate surface area is 124 Å². The Balaban J connectivity index is 1.81.